The van der Waals surface area contributed by atoms with Crippen LogP contribution in [0.4, 0.5) is 0 Å². The molecule has 0 amide bonds. The minimum Gasteiger partial charge on any atom is -0.745 e. The van der Waals surface area contributed by atoms with Crippen LogP contribution in [-0.4, -0.2) is 28.8 Å². The standard InChI is InChI=1S/C11H12O5S.Na/c1-11(13,17(14,15)16)10(12)8-7-9-5-3-2-4-6-9;/h2-8,13H,1H3,(H,14,15,16);/q;+1/p-1. The van der Waals surface area contributed by atoms with E-state index in [2.05, 4.69) is 0 Å². The molecule has 5 nitrogen and oxygen atoms in total. The smallest absolute Gasteiger partial charge is 0.745 e. The fourth-order valence-electron chi connectivity index (χ4n) is 1.01. The monoisotopic (exact) mass is 278 g/mol. The zero-order valence-electron chi connectivity index (χ0n) is 10.0. The number of rotatable bonds is 4. The molecule has 1 N–H and O–H groups in total. The SMILES string of the molecule is CC(O)(C(=O)C=Cc1ccccc1)S(=O)(=O)[O-].[Na+]. The normalized spacial score (nSPS) is 14.8. The third-order valence-electron chi connectivity index (χ3n) is 2.17. The van der Waals surface area contributed by atoms with Crippen molar-refractivity contribution < 1.29 is 52.4 Å². The summed E-state index contributed by atoms with van der Waals surface area (Å²) in [4.78, 5) is 8.44. The molecule has 7 heteroatoms. The van der Waals surface area contributed by atoms with Crippen LogP contribution in [-0.2, 0) is 14.9 Å². The molecule has 0 heterocycles. The van der Waals surface area contributed by atoms with Gasteiger partial charge >= 0.3 is 29.6 Å². The van der Waals surface area contributed by atoms with E-state index in [0.717, 1.165) is 6.08 Å². The molecular formula is C11H11NaO5S. The molecule has 1 aromatic rings. The molecule has 0 saturated heterocycles. The Kier molecular flexibility index (Phi) is 6.42. The van der Waals surface area contributed by atoms with Crippen molar-refractivity contribution in [2.24, 2.45) is 0 Å². The zero-order valence-corrected chi connectivity index (χ0v) is 12.8. The summed E-state index contributed by atoms with van der Waals surface area (Å²) in [5, 5.41) is 9.30. The molecule has 0 aliphatic carbocycles. The predicted molar refractivity (Wildman–Crippen MR) is 60.8 cm³/mol. The van der Waals surface area contributed by atoms with Gasteiger partial charge in [0.2, 0.25) is 10.7 Å². The Bertz CT molecular complexity index is 534. The second-order valence-corrected chi connectivity index (χ2v) is 5.25. The largest absolute Gasteiger partial charge is 1.00 e. The number of benzene rings is 1. The molecule has 0 aliphatic heterocycles. The number of hydrogen-bond acceptors (Lipinski definition) is 5. The summed E-state index contributed by atoms with van der Waals surface area (Å²) in [6, 6.07) is 8.60. The summed E-state index contributed by atoms with van der Waals surface area (Å²) in [5.74, 6) is -1.17. The van der Waals surface area contributed by atoms with Gasteiger partial charge in [-0.15, -0.1) is 0 Å². The number of aliphatic hydroxyl groups is 1. The van der Waals surface area contributed by atoms with Gasteiger partial charge in [0.25, 0.3) is 0 Å². The van der Waals surface area contributed by atoms with Crippen molar-refractivity contribution in [2.75, 3.05) is 0 Å². The fourth-order valence-corrected chi connectivity index (χ4v) is 1.33. The summed E-state index contributed by atoms with van der Waals surface area (Å²) in [6.07, 6.45) is 2.19. The van der Waals surface area contributed by atoms with E-state index in [0.29, 0.717) is 12.5 Å². The molecule has 1 rings (SSSR count). The van der Waals surface area contributed by atoms with Gasteiger partial charge in [-0.25, -0.2) is 8.42 Å². The quantitative estimate of drug-likeness (QED) is 0.374. The second kappa shape index (κ2) is 6.60. The maximum atomic E-state index is 11.4. The Morgan fingerprint density at radius 3 is 2.28 bits per heavy atom. The molecular weight excluding hydrogens is 267 g/mol. The van der Waals surface area contributed by atoms with Gasteiger partial charge in [-0.3, -0.25) is 4.79 Å². The van der Waals surface area contributed by atoms with Crippen LogP contribution in [0.2, 0.25) is 0 Å². The van der Waals surface area contributed by atoms with Gasteiger partial charge in [0.15, 0.2) is 0 Å². The molecule has 0 aromatic heterocycles. The number of carbonyl (C=O) groups excluding carboxylic acids is 1. The number of carbonyl (C=O) groups is 1. The maximum absolute atomic E-state index is 11.4. The van der Waals surface area contributed by atoms with Crippen LogP contribution < -0.4 is 29.6 Å². The summed E-state index contributed by atoms with van der Waals surface area (Å²) in [6.45, 7) is 0.660. The molecule has 18 heavy (non-hydrogen) atoms. The van der Waals surface area contributed by atoms with Crippen molar-refractivity contribution in [1.82, 2.24) is 0 Å². The summed E-state index contributed by atoms with van der Waals surface area (Å²) < 4.78 is 31.9. The average molecular weight is 278 g/mol. The van der Waals surface area contributed by atoms with E-state index in [1.54, 1.807) is 30.3 Å². The van der Waals surface area contributed by atoms with Gasteiger partial charge in [0, 0.05) is 0 Å². The van der Waals surface area contributed by atoms with E-state index < -0.39 is 20.8 Å². The molecule has 1 aromatic carbocycles. The van der Waals surface area contributed by atoms with Crippen LogP contribution in [0.3, 0.4) is 0 Å². The van der Waals surface area contributed by atoms with Gasteiger partial charge < -0.3 is 9.66 Å². The Labute approximate surface area is 128 Å². The van der Waals surface area contributed by atoms with Gasteiger partial charge in [0.05, 0.1) is 0 Å². The van der Waals surface area contributed by atoms with E-state index in [9.17, 15) is 22.9 Å². The number of hydrogen-bond donors (Lipinski definition) is 1. The van der Waals surface area contributed by atoms with Crippen LogP contribution in [0.25, 0.3) is 6.08 Å². The fraction of sp³-hybridized carbons (Fsp3) is 0.182. The first-order chi connectivity index (χ1) is 7.75. The first kappa shape index (κ1) is 17.5. The van der Waals surface area contributed by atoms with Crippen molar-refractivity contribution in [3.8, 4) is 0 Å². The molecule has 1 unspecified atom stereocenters. The van der Waals surface area contributed by atoms with Crippen LogP contribution >= 0.6 is 0 Å². The van der Waals surface area contributed by atoms with Crippen LogP contribution in [0.15, 0.2) is 36.4 Å². The Hall–Kier alpha value is -0.500. The van der Waals surface area contributed by atoms with Gasteiger partial charge in [-0.1, -0.05) is 36.4 Å². The third-order valence-corrected chi connectivity index (χ3v) is 3.35. The first-order valence-corrected chi connectivity index (χ1v) is 6.11. The molecule has 0 bridgehead atoms. The minimum atomic E-state index is -5.10. The number of ketones is 1. The van der Waals surface area contributed by atoms with E-state index in [-0.39, 0.29) is 29.6 Å². The van der Waals surface area contributed by atoms with E-state index in [1.807, 2.05) is 0 Å². The Morgan fingerprint density at radius 1 is 1.33 bits per heavy atom. The van der Waals surface area contributed by atoms with Gasteiger partial charge in [-0.2, -0.15) is 0 Å². The van der Waals surface area contributed by atoms with Crippen molar-refractivity contribution in [3.05, 3.63) is 42.0 Å². The summed E-state index contributed by atoms with van der Waals surface area (Å²) in [5.41, 5.74) is 0.653. The second-order valence-electron chi connectivity index (χ2n) is 3.55. The van der Waals surface area contributed by atoms with Crippen LogP contribution in [0.5, 0.6) is 0 Å². The van der Waals surface area contributed by atoms with E-state index in [1.165, 1.54) is 6.08 Å². The van der Waals surface area contributed by atoms with Crippen molar-refractivity contribution in [3.63, 3.8) is 0 Å². The van der Waals surface area contributed by atoms with Gasteiger partial charge in [-0.05, 0) is 18.6 Å². The average Bonchev–Trinajstić information content (AvgIpc) is 2.25. The third kappa shape index (κ3) is 4.31. The van der Waals surface area contributed by atoms with Gasteiger partial charge in [0.1, 0.15) is 10.1 Å². The predicted octanol–water partition coefficient (Wildman–Crippen LogP) is -2.47. The van der Waals surface area contributed by atoms with E-state index in [4.69, 9.17) is 0 Å². The molecule has 0 aliphatic rings. The molecule has 0 radical (unpaired) electrons. The molecule has 1 atom stereocenters. The first-order valence-electron chi connectivity index (χ1n) is 4.70. The van der Waals surface area contributed by atoms with Crippen LogP contribution in [0.1, 0.15) is 12.5 Å². The minimum absolute atomic E-state index is 0. The summed E-state index contributed by atoms with van der Waals surface area (Å²) >= 11 is 0. The summed E-state index contributed by atoms with van der Waals surface area (Å²) in [7, 11) is -5.10. The van der Waals surface area contributed by atoms with Crippen molar-refractivity contribution in [1.29, 1.82) is 0 Å². The maximum Gasteiger partial charge on any atom is 1.00 e. The topological polar surface area (TPSA) is 94.5 Å². The van der Waals surface area contributed by atoms with Crippen molar-refractivity contribution in [2.45, 2.75) is 11.9 Å². The molecule has 92 valence electrons. The van der Waals surface area contributed by atoms with Crippen molar-refractivity contribution >= 4 is 22.0 Å². The van der Waals surface area contributed by atoms with E-state index >= 15 is 0 Å². The molecule has 0 spiro atoms. The zero-order chi connectivity index (χ0) is 13.1. The Morgan fingerprint density at radius 2 is 1.83 bits per heavy atom. The molecule has 0 fully saturated rings. The Balaban J connectivity index is 0.00000289. The molecule has 0 saturated carbocycles. The van der Waals surface area contributed by atoms with Crippen LogP contribution in [0, 0.1) is 0 Å².